The smallest absolute Gasteiger partial charge is 0.493 e. The Hall–Kier alpha value is -2.94. The fourth-order valence-electron chi connectivity index (χ4n) is 5.20. The molecule has 2 aromatic rings. The molecule has 2 saturated heterocycles. The fraction of sp³-hybridized carbons (Fsp3) is 0.500. The third-order valence-electron chi connectivity index (χ3n) is 7.19. The summed E-state index contributed by atoms with van der Waals surface area (Å²) in [5.74, 6) is 0.00478. The molecule has 0 spiro atoms. The maximum atomic E-state index is 13.3. The minimum Gasteiger partial charge on any atom is -0.493 e. The molecule has 38 heavy (non-hydrogen) atoms. The molecule has 2 aromatic carbocycles. The first-order valence-corrected chi connectivity index (χ1v) is 13.2. The van der Waals surface area contributed by atoms with Gasteiger partial charge in [-0.2, -0.15) is 0 Å². The molecule has 10 heteroatoms. The zero-order chi connectivity index (χ0) is 27.3. The van der Waals surface area contributed by atoms with Gasteiger partial charge in [0, 0.05) is 48.6 Å². The zero-order valence-corrected chi connectivity index (χ0v) is 22.1. The number of hydrogen-bond acceptors (Lipinski definition) is 4. The molecular formula is C28H32ClF3N2O4. The normalized spacial score (nSPS) is 20.2. The van der Waals surface area contributed by atoms with E-state index in [0.29, 0.717) is 36.7 Å². The second-order valence-electron chi connectivity index (χ2n) is 10.2. The predicted molar refractivity (Wildman–Crippen MR) is 137 cm³/mol. The largest absolute Gasteiger partial charge is 0.573 e. The second-order valence-corrected chi connectivity index (χ2v) is 10.6. The van der Waals surface area contributed by atoms with Crippen molar-refractivity contribution >= 4 is 23.4 Å². The molecule has 0 saturated carbocycles. The van der Waals surface area contributed by atoms with Gasteiger partial charge in [-0.25, -0.2) is 0 Å². The highest BCUT2D eigenvalue weighted by Crippen LogP contribution is 2.37. The number of piperidine rings is 2. The number of carbonyl (C=O) groups excluding carboxylic acids is 2. The number of benzene rings is 2. The highest BCUT2D eigenvalue weighted by Gasteiger charge is 2.41. The summed E-state index contributed by atoms with van der Waals surface area (Å²) >= 11 is 6.15. The summed E-state index contributed by atoms with van der Waals surface area (Å²) in [6.07, 6.45) is -0.0826. The lowest BCUT2D eigenvalue weighted by Gasteiger charge is -2.43. The van der Waals surface area contributed by atoms with Gasteiger partial charge in [-0.3, -0.25) is 9.59 Å². The van der Waals surface area contributed by atoms with Crippen LogP contribution in [-0.2, 0) is 4.79 Å². The van der Waals surface area contributed by atoms with Crippen LogP contribution in [0.3, 0.4) is 0 Å². The monoisotopic (exact) mass is 552 g/mol. The molecule has 2 amide bonds. The minimum absolute atomic E-state index is 0.0588. The summed E-state index contributed by atoms with van der Waals surface area (Å²) in [5, 5.41) is 0.633. The summed E-state index contributed by atoms with van der Waals surface area (Å²) in [6.45, 7) is 4.40. The van der Waals surface area contributed by atoms with Crippen molar-refractivity contribution in [1.82, 2.24) is 9.80 Å². The maximum absolute atomic E-state index is 13.3. The topological polar surface area (TPSA) is 59.1 Å². The summed E-state index contributed by atoms with van der Waals surface area (Å²) < 4.78 is 47.6. The lowest BCUT2D eigenvalue weighted by molar-refractivity contribution is -0.274. The minimum atomic E-state index is -4.80. The Morgan fingerprint density at radius 1 is 0.947 bits per heavy atom. The second kappa shape index (κ2) is 11.8. The SMILES string of the molecule is Cc1cc(OC[C@]2(CC(=O)N3CCCCC3)CCCN(C(=O)c3ccc(OC(F)(F)F)cc3)C2)ccc1Cl. The van der Waals surface area contributed by atoms with Crippen molar-refractivity contribution in [3.8, 4) is 11.5 Å². The molecule has 0 N–H and O–H groups in total. The molecule has 2 heterocycles. The van der Waals surface area contributed by atoms with Crippen LogP contribution in [0.1, 0.15) is 54.4 Å². The standard InChI is InChI=1S/C28H32ClF3N2O4/c1-20-16-23(10-11-24(20)29)37-19-27(17-25(35)33-13-3-2-4-14-33)12-5-15-34(18-27)26(36)21-6-8-22(9-7-21)38-28(30,31)32/h6-11,16H,2-5,12-15,17-19H2,1H3/t27-/m0/s1. The van der Waals surface area contributed by atoms with Gasteiger partial charge in [0.2, 0.25) is 5.91 Å². The molecule has 4 rings (SSSR count). The number of likely N-dealkylation sites (tertiary alicyclic amines) is 2. The van der Waals surface area contributed by atoms with Crippen LogP contribution in [-0.4, -0.2) is 60.8 Å². The van der Waals surface area contributed by atoms with E-state index in [1.165, 1.54) is 12.1 Å². The Morgan fingerprint density at radius 3 is 2.26 bits per heavy atom. The average molecular weight is 553 g/mol. The number of nitrogens with zero attached hydrogens (tertiary/aromatic N) is 2. The van der Waals surface area contributed by atoms with Crippen LogP contribution < -0.4 is 9.47 Å². The third-order valence-corrected chi connectivity index (χ3v) is 7.62. The molecule has 0 aromatic heterocycles. The van der Waals surface area contributed by atoms with E-state index in [9.17, 15) is 22.8 Å². The van der Waals surface area contributed by atoms with E-state index in [2.05, 4.69) is 4.74 Å². The summed E-state index contributed by atoms with van der Waals surface area (Å²) in [7, 11) is 0. The number of carbonyl (C=O) groups is 2. The summed E-state index contributed by atoms with van der Waals surface area (Å²) in [4.78, 5) is 30.2. The van der Waals surface area contributed by atoms with E-state index in [1.807, 2.05) is 17.9 Å². The highest BCUT2D eigenvalue weighted by molar-refractivity contribution is 6.31. The van der Waals surface area contributed by atoms with Crippen LogP contribution in [0.5, 0.6) is 11.5 Å². The van der Waals surface area contributed by atoms with Crippen LogP contribution in [0, 0.1) is 12.3 Å². The number of halogens is 4. The first-order valence-electron chi connectivity index (χ1n) is 12.9. The summed E-state index contributed by atoms with van der Waals surface area (Å²) in [5.41, 5.74) is 0.530. The maximum Gasteiger partial charge on any atom is 0.573 e. The van der Waals surface area contributed by atoms with E-state index >= 15 is 0 Å². The Balaban J connectivity index is 1.51. The first kappa shape index (κ1) is 28.1. The molecule has 0 bridgehead atoms. The van der Waals surface area contributed by atoms with Crippen molar-refractivity contribution in [2.75, 3.05) is 32.8 Å². The number of rotatable bonds is 7. The van der Waals surface area contributed by atoms with Gasteiger partial charge in [-0.05, 0) is 87.1 Å². The average Bonchev–Trinajstić information content (AvgIpc) is 2.89. The number of hydrogen-bond donors (Lipinski definition) is 0. The van der Waals surface area contributed by atoms with E-state index in [4.69, 9.17) is 16.3 Å². The molecule has 206 valence electrons. The number of aryl methyl sites for hydroxylation is 1. The summed E-state index contributed by atoms with van der Waals surface area (Å²) in [6, 6.07) is 10.3. The lowest BCUT2D eigenvalue weighted by atomic mass is 9.77. The zero-order valence-electron chi connectivity index (χ0n) is 21.4. The molecule has 0 unspecified atom stereocenters. The van der Waals surface area contributed by atoms with Gasteiger partial charge < -0.3 is 19.3 Å². The molecule has 2 aliphatic rings. The van der Waals surface area contributed by atoms with Crippen molar-refractivity contribution in [3.63, 3.8) is 0 Å². The van der Waals surface area contributed by atoms with Crippen molar-refractivity contribution in [2.45, 2.75) is 51.8 Å². The van der Waals surface area contributed by atoms with Gasteiger partial charge in [0.15, 0.2) is 0 Å². The van der Waals surface area contributed by atoms with Crippen LogP contribution in [0.2, 0.25) is 5.02 Å². The Morgan fingerprint density at radius 2 is 1.61 bits per heavy atom. The highest BCUT2D eigenvalue weighted by atomic mass is 35.5. The number of amides is 2. The van der Waals surface area contributed by atoms with E-state index in [-0.39, 0.29) is 36.2 Å². The lowest BCUT2D eigenvalue weighted by Crippen LogP contribution is -2.51. The van der Waals surface area contributed by atoms with Gasteiger partial charge >= 0.3 is 6.36 Å². The van der Waals surface area contributed by atoms with Gasteiger partial charge in [-0.1, -0.05) is 11.6 Å². The van der Waals surface area contributed by atoms with E-state index < -0.39 is 11.8 Å². The third kappa shape index (κ3) is 7.34. The van der Waals surface area contributed by atoms with Crippen molar-refractivity contribution in [3.05, 3.63) is 58.6 Å². The van der Waals surface area contributed by atoms with Crippen molar-refractivity contribution in [1.29, 1.82) is 0 Å². The van der Waals surface area contributed by atoms with E-state index in [1.54, 1.807) is 17.0 Å². The predicted octanol–water partition coefficient (Wildman–Crippen LogP) is 6.25. The van der Waals surface area contributed by atoms with Gasteiger partial charge in [-0.15, -0.1) is 13.2 Å². The Labute approximate surface area is 225 Å². The Kier molecular flexibility index (Phi) is 8.75. The van der Waals surface area contributed by atoms with Gasteiger partial charge in [0.25, 0.3) is 5.91 Å². The quantitative estimate of drug-likeness (QED) is 0.407. The van der Waals surface area contributed by atoms with Crippen LogP contribution in [0.15, 0.2) is 42.5 Å². The van der Waals surface area contributed by atoms with Crippen molar-refractivity contribution < 1.29 is 32.2 Å². The Bertz CT molecular complexity index is 1140. The van der Waals surface area contributed by atoms with Gasteiger partial charge in [0.1, 0.15) is 11.5 Å². The van der Waals surface area contributed by atoms with E-state index in [0.717, 1.165) is 50.0 Å². The fourth-order valence-corrected chi connectivity index (χ4v) is 5.31. The molecule has 0 aliphatic carbocycles. The van der Waals surface area contributed by atoms with Crippen molar-refractivity contribution in [2.24, 2.45) is 5.41 Å². The van der Waals surface area contributed by atoms with Crippen LogP contribution >= 0.6 is 11.6 Å². The first-order chi connectivity index (χ1) is 18.0. The van der Waals surface area contributed by atoms with Crippen LogP contribution in [0.4, 0.5) is 13.2 Å². The molecule has 2 fully saturated rings. The molecular weight excluding hydrogens is 521 g/mol. The number of alkyl halides is 3. The molecule has 1 atom stereocenters. The van der Waals surface area contributed by atoms with Crippen LogP contribution in [0.25, 0.3) is 0 Å². The molecule has 6 nitrogen and oxygen atoms in total. The molecule has 0 radical (unpaired) electrons. The van der Waals surface area contributed by atoms with Gasteiger partial charge in [0.05, 0.1) is 6.61 Å². The number of ether oxygens (including phenoxy) is 2. The molecule has 2 aliphatic heterocycles.